The first-order valence-electron chi connectivity index (χ1n) is 3.49. The van der Waals surface area contributed by atoms with Crippen LogP contribution < -0.4 is 69.6 Å². The van der Waals surface area contributed by atoms with Crippen LogP contribution in [0.5, 0.6) is 0 Å². The first-order chi connectivity index (χ1) is 5.33. The molecule has 0 unspecified atom stereocenters. The van der Waals surface area contributed by atoms with Crippen molar-refractivity contribution < 1.29 is 79.4 Å². The molecule has 0 aromatic heterocycles. The topological polar surface area (TPSA) is 64.6 Å². The van der Waals surface area contributed by atoms with Gasteiger partial charge in [0.05, 0.1) is 0 Å². The second kappa shape index (κ2) is 8.54. The molecule has 0 radical (unpaired) electrons. The minimum absolute atomic E-state index is 0. The molecule has 0 spiro atoms. The van der Waals surface area contributed by atoms with Gasteiger partial charge in [-0.1, -0.05) is 11.8 Å². The van der Waals surface area contributed by atoms with Gasteiger partial charge in [-0.05, 0) is 27.7 Å². The normalized spacial score (nSPS) is 10.4. The van der Waals surface area contributed by atoms with Crippen molar-refractivity contribution in [3.05, 3.63) is 0 Å². The smallest absolute Gasteiger partial charge is 0.722 e. The van der Waals surface area contributed by atoms with Gasteiger partial charge >= 0.3 is 59.1 Å². The summed E-state index contributed by atoms with van der Waals surface area (Å²) in [5.41, 5.74) is -2.17. The molecule has 0 heterocycles. The minimum atomic E-state index is -1.09. The van der Waals surface area contributed by atoms with Crippen molar-refractivity contribution in [3.8, 4) is 11.8 Å². The maximum Gasteiger partial charge on any atom is 1.00 e. The average Bonchev–Trinajstić information content (AvgIpc) is 2.02. The predicted octanol–water partition coefficient (Wildman–Crippen LogP) is -6.86. The Morgan fingerprint density at radius 2 is 1.00 bits per heavy atom. The van der Waals surface area contributed by atoms with E-state index in [0.717, 1.165) is 0 Å². The Bertz CT molecular complexity index is 185. The fourth-order valence-electron chi connectivity index (χ4n) is 0.343. The van der Waals surface area contributed by atoms with Gasteiger partial charge in [0.25, 0.3) is 0 Å². The van der Waals surface area contributed by atoms with Crippen molar-refractivity contribution >= 4 is 0 Å². The summed E-state index contributed by atoms with van der Waals surface area (Å²) in [6, 6.07) is 0. The van der Waals surface area contributed by atoms with E-state index >= 15 is 0 Å². The molecule has 14 heavy (non-hydrogen) atoms. The Hall–Kier alpha value is 1.40. The summed E-state index contributed by atoms with van der Waals surface area (Å²) in [4.78, 5) is 7.59. The van der Waals surface area contributed by atoms with Crippen molar-refractivity contribution in [2.75, 3.05) is 0 Å². The van der Waals surface area contributed by atoms with Gasteiger partial charge in [0.2, 0.25) is 0 Å². The van der Waals surface area contributed by atoms with E-state index in [2.05, 4.69) is 21.6 Å². The maximum absolute atomic E-state index is 10.0. The molecule has 0 amide bonds. The van der Waals surface area contributed by atoms with Crippen molar-refractivity contribution in [2.24, 2.45) is 0 Å². The van der Waals surface area contributed by atoms with Crippen molar-refractivity contribution in [3.63, 3.8) is 0 Å². The van der Waals surface area contributed by atoms with Crippen LogP contribution in [0, 0.1) is 11.8 Å². The first-order valence-corrected chi connectivity index (χ1v) is 3.49. The molecule has 0 saturated heterocycles. The Morgan fingerprint density at radius 1 is 0.786 bits per heavy atom. The van der Waals surface area contributed by atoms with E-state index in [1.807, 2.05) is 0 Å². The monoisotopic (exact) mass is 218 g/mol. The molecule has 0 N–H and O–H groups in total. The second-order valence-corrected chi connectivity index (χ2v) is 3.44. The van der Waals surface area contributed by atoms with Crippen LogP contribution in [0.3, 0.4) is 0 Å². The summed E-state index contributed by atoms with van der Waals surface area (Å²) in [5, 5.41) is 20.1. The van der Waals surface area contributed by atoms with E-state index in [1.54, 1.807) is 0 Å². The molecule has 0 saturated carbocycles. The number of rotatable bonds is 2. The summed E-state index contributed by atoms with van der Waals surface area (Å²) in [5.74, 6) is 4.98. The standard InChI is InChI=1S/C8H14O4.2Na/c1-7(2,11-9)5-6-8(3,4)12-10;;/h9-10H,1-4H3;;/q;2*+1/p-2. The number of hydrogen-bond donors (Lipinski definition) is 0. The van der Waals surface area contributed by atoms with Gasteiger partial charge in [0.1, 0.15) is 11.2 Å². The van der Waals surface area contributed by atoms with Crippen molar-refractivity contribution in [1.29, 1.82) is 0 Å². The molecule has 0 bridgehead atoms. The average molecular weight is 218 g/mol. The van der Waals surface area contributed by atoms with E-state index < -0.39 is 11.2 Å². The molecule has 0 rings (SSSR count). The molecular weight excluding hydrogens is 206 g/mol. The molecule has 4 nitrogen and oxygen atoms in total. The molecule has 0 fully saturated rings. The maximum atomic E-state index is 10.0. The van der Waals surface area contributed by atoms with Gasteiger partial charge in [-0.25, -0.2) is 0 Å². The van der Waals surface area contributed by atoms with E-state index in [4.69, 9.17) is 0 Å². The SMILES string of the molecule is CC(C)(C#CC(C)(C)O[O-])O[O-].[Na+].[Na+]. The Balaban J connectivity index is -0.000000605. The summed E-state index contributed by atoms with van der Waals surface area (Å²) in [7, 11) is 0. The molecule has 0 aromatic carbocycles. The first kappa shape index (κ1) is 20.8. The zero-order valence-electron chi connectivity index (χ0n) is 9.63. The van der Waals surface area contributed by atoms with E-state index in [0.29, 0.717) is 0 Å². The Morgan fingerprint density at radius 3 is 1.14 bits per heavy atom. The van der Waals surface area contributed by atoms with Crippen LogP contribution in [0.15, 0.2) is 0 Å². The predicted molar refractivity (Wildman–Crippen MR) is 38.1 cm³/mol. The minimum Gasteiger partial charge on any atom is -0.722 e. The summed E-state index contributed by atoms with van der Waals surface area (Å²) in [6.45, 7) is 6.03. The van der Waals surface area contributed by atoms with Crippen molar-refractivity contribution in [1.82, 2.24) is 0 Å². The second-order valence-electron chi connectivity index (χ2n) is 3.44. The molecule has 0 aliphatic rings. The van der Waals surface area contributed by atoms with Gasteiger partial charge in [-0.2, -0.15) is 0 Å². The summed E-state index contributed by atoms with van der Waals surface area (Å²) in [6.07, 6.45) is 0. The van der Waals surface area contributed by atoms with E-state index in [1.165, 1.54) is 27.7 Å². The molecular formula is C8H12Na2O4. The summed E-state index contributed by atoms with van der Waals surface area (Å²) < 4.78 is 0. The molecule has 0 aromatic rings. The van der Waals surface area contributed by atoms with Gasteiger partial charge in [0, 0.05) is 0 Å². The zero-order chi connectivity index (χ0) is 9.83. The Kier molecular flexibility index (Phi) is 12.7. The van der Waals surface area contributed by atoms with Crippen LogP contribution >= 0.6 is 0 Å². The zero-order valence-corrected chi connectivity index (χ0v) is 13.6. The molecule has 0 aliphatic heterocycles. The summed E-state index contributed by atoms with van der Waals surface area (Å²) >= 11 is 0. The van der Waals surface area contributed by atoms with Crippen LogP contribution in [0.4, 0.5) is 0 Å². The molecule has 0 atom stereocenters. The van der Waals surface area contributed by atoms with Crippen LogP contribution in [-0.2, 0) is 9.78 Å². The van der Waals surface area contributed by atoms with Crippen LogP contribution in [0.2, 0.25) is 0 Å². The molecule has 6 heteroatoms. The van der Waals surface area contributed by atoms with Crippen LogP contribution in [0.1, 0.15) is 27.7 Å². The fraction of sp³-hybridized carbons (Fsp3) is 0.750. The van der Waals surface area contributed by atoms with Crippen LogP contribution in [-0.4, -0.2) is 11.2 Å². The van der Waals surface area contributed by atoms with Gasteiger partial charge < -0.3 is 20.3 Å². The van der Waals surface area contributed by atoms with Gasteiger partial charge in [-0.15, -0.1) is 0 Å². The number of hydrogen-bond acceptors (Lipinski definition) is 4. The van der Waals surface area contributed by atoms with E-state index in [-0.39, 0.29) is 59.1 Å². The molecule has 0 aliphatic carbocycles. The molecule has 70 valence electrons. The largest absolute Gasteiger partial charge is 1.00 e. The third-order valence-corrected chi connectivity index (χ3v) is 1.08. The van der Waals surface area contributed by atoms with Gasteiger partial charge in [0.15, 0.2) is 0 Å². The van der Waals surface area contributed by atoms with Gasteiger partial charge in [-0.3, -0.25) is 0 Å². The quantitative estimate of drug-likeness (QED) is 0.200. The van der Waals surface area contributed by atoms with Crippen LogP contribution in [0.25, 0.3) is 0 Å². The Labute approximate surface area is 129 Å². The van der Waals surface area contributed by atoms with E-state index in [9.17, 15) is 10.5 Å². The van der Waals surface area contributed by atoms with Crippen molar-refractivity contribution in [2.45, 2.75) is 38.9 Å². The third-order valence-electron chi connectivity index (χ3n) is 1.08. The third kappa shape index (κ3) is 9.94. The fourth-order valence-corrected chi connectivity index (χ4v) is 0.343.